The highest BCUT2D eigenvalue weighted by molar-refractivity contribution is 6.30. The lowest BCUT2D eigenvalue weighted by Gasteiger charge is -2.35. The van der Waals surface area contributed by atoms with E-state index in [9.17, 15) is 0 Å². The number of nitrogens with one attached hydrogen (secondary N) is 1. The molecule has 19 heavy (non-hydrogen) atoms. The molecule has 0 bridgehead atoms. The molecule has 1 N–H and O–H groups in total. The van der Waals surface area contributed by atoms with Crippen molar-refractivity contribution in [2.24, 2.45) is 11.8 Å². The van der Waals surface area contributed by atoms with Gasteiger partial charge in [-0.2, -0.15) is 0 Å². The highest BCUT2D eigenvalue weighted by atomic mass is 35.5. The first-order chi connectivity index (χ1) is 9.28. The molecule has 1 aromatic rings. The van der Waals surface area contributed by atoms with Gasteiger partial charge in [-0.05, 0) is 61.4 Å². The summed E-state index contributed by atoms with van der Waals surface area (Å²) in [5.74, 6) is 2.27. The van der Waals surface area contributed by atoms with Crippen LogP contribution in [-0.2, 0) is 0 Å². The molecule has 0 radical (unpaired) electrons. The molecule has 2 heterocycles. The lowest BCUT2D eigenvalue weighted by Crippen LogP contribution is -2.37. The quantitative estimate of drug-likeness (QED) is 0.844. The highest BCUT2D eigenvalue weighted by Gasteiger charge is 2.28. The van der Waals surface area contributed by atoms with Gasteiger partial charge in [-0.15, -0.1) is 0 Å². The van der Waals surface area contributed by atoms with E-state index in [1.54, 1.807) is 7.11 Å². The third-order valence-electron chi connectivity index (χ3n) is 4.31. The number of halogens is 1. The van der Waals surface area contributed by atoms with Crippen molar-refractivity contribution in [2.75, 3.05) is 20.2 Å². The Morgan fingerprint density at radius 2 is 2.32 bits per heavy atom. The van der Waals surface area contributed by atoms with Gasteiger partial charge < -0.3 is 10.1 Å². The van der Waals surface area contributed by atoms with Gasteiger partial charge in [0.1, 0.15) is 0 Å². The Morgan fingerprint density at radius 3 is 3.16 bits per heavy atom. The summed E-state index contributed by atoms with van der Waals surface area (Å²) < 4.78 is 5.25. The van der Waals surface area contributed by atoms with Crippen molar-refractivity contribution >= 4 is 17.2 Å². The molecule has 1 aliphatic heterocycles. The maximum Gasteiger partial charge on any atom is 0.171 e. The molecule has 102 valence electrons. The number of pyridine rings is 1. The van der Waals surface area contributed by atoms with E-state index < -0.39 is 0 Å². The Hall–Kier alpha value is -1.06. The standard InChI is InChI=1S/C15H19ClN2O/c1-19-14-7-13(9-18-15(14)16)11-3-2-10-4-5-17-8-12(10)6-11/h3,7,9-10,12,17H,2,4-6,8H2,1H3/t10-,12+/m1/s1. The molecule has 2 atom stereocenters. The van der Waals surface area contributed by atoms with Crippen LogP contribution in [0.15, 0.2) is 18.3 Å². The van der Waals surface area contributed by atoms with Crippen LogP contribution >= 0.6 is 11.6 Å². The fourth-order valence-corrected chi connectivity index (χ4v) is 3.35. The van der Waals surface area contributed by atoms with Crippen LogP contribution in [0.1, 0.15) is 24.8 Å². The van der Waals surface area contributed by atoms with Gasteiger partial charge >= 0.3 is 0 Å². The van der Waals surface area contributed by atoms with Crippen LogP contribution < -0.4 is 10.1 Å². The summed E-state index contributed by atoms with van der Waals surface area (Å²) >= 11 is 5.98. The van der Waals surface area contributed by atoms with Crippen LogP contribution in [0.2, 0.25) is 5.15 Å². The smallest absolute Gasteiger partial charge is 0.171 e. The minimum absolute atomic E-state index is 0.430. The van der Waals surface area contributed by atoms with E-state index in [-0.39, 0.29) is 0 Å². The molecular formula is C15H19ClN2O. The fourth-order valence-electron chi connectivity index (χ4n) is 3.17. The largest absolute Gasteiger partial charge is 0.494 e. The van der Waals surface area contributed by atoms with Crippen molar-refractivity contribution < 1.29 is 4.74 Å². The Morgan fingerprint density at radius 1 is 1.42 bits per heavy atom. The molecule has 0 saturated carbocycles. The molecular weight excluding hydrogens is 260 g/mol. The van der Waals surface area contributed by atoms with Gasteiger partial charge in [0, 0.05) is 6.20 Å². The molecule has 0 amide bonds. The molecule has 1 fully saturated rings. The van der Waals surface area contributed by atoms with E-state index in [0.717, 1.165) is 30.4 Å². The lowest BCUT2D eigenvalue weighted by atomic mass is 9.75. The van der Waals surface area contributed by atoms with E-state index in [4.69, 9.17) is 16.3 Å². The van der Waals surface area contributed by atoms with Gasteiger partial charge in [0.2, 0.25) is 0 Å². The number of ether oxygens (including phenoxy) is 1. The van der Waals surface area contributed by atoms with Crippen molar-refractivity contribution in [1.29, 1.82) is 0 Å². The number of rotatable bonds is 2. The second-order valence-corrected chi connectivity index (χ2v) is 5.76. The molecule has 3 nitrogen and oxygen atoms in total. The SMILES string of the molecule is COc1cc(C2=CC[C@@H]3CCNC[C@@H]3C2)cnc1Cl. The molecule has 0 aromatic carbocycles. The summed E-state index contributed by atoms with van der Waals surface area (Å²) in [5, 5.41) is 3.93. The molecule has 1 aliphatic carbocycles. The molecule has 2 aliphatic rings. The minimum atomic E-state index is 0.430. The zero-order chi connectivity index (χ0) is 13.2. The minimum Gasteiger partial charge on any atom is -0.494 e. The van der Waals surface area contributed by atoms with Crippen LogP contribution in [0.4, 0.5) is 0 Å². The molecule has 0 spiro atoms. The monoisotopic (exact) mass is 278 g/mol. The maximum absolute atomic E-state index is 5.98. The maximum atomic E-state index is 5.98. The third-order valence-corrected chi connectivity index (χ3v) is 4.60. The first-order valence-corrected chi connectivity index (χ1v) is 7.25. The number of nitrogens with zero attached hydrogens (tertiary/aromatic N) is 1. The topological polar surface area (TPSA) is 34.1 Å². The predicted molar refractivity (Wildman–Crippen MR) is 77.5 cm³/mol. The zero-order valence-corrected chi connectivity index (χ0v) is 11.9. The van der Waals surface area contributed by atoms with Crippen molar-refractivity contribution in [3.63, 3.8) is 0 Å². The second-order valence-electron chi connectivity index (χ2n) is 5.40. The van der Waals surface area contributed by atoms with Gasteiger partial charge in [-0.3, -0.25) is 0 Å². The third kappa shape index (κ3) is 2.63. The van der Waals surface area contributed by atoms with Gasteiger partial charge in [-0.1, -0.05) is 17.7 Å². The van der Waals surface area contributed by atoms with Gasteiger partial charge in [0.25, 0.3) is 0 Å². The van der Waals surface area contributed by atoms with E-state index in [1.807, 2.05) is 12.3 Å². The Labute approximate surface area is 119 Å². The number of methoxy groups -OCH3 is 1. The van der Waals surface area contributed by atoms with E-state index in [2.05, 4.69) is 16.4 Å². The van der Waals surface area contributed by atoms with Gasteiger partial charge in [0.15, 0.2) is 10.9 Å². The average Bonchev–Trinajstić information content (AvgIpc) is 2.47. The van der Waals surface area contributed by atoms with Crippen LogP contribution in [0.25, 0.3) is 5.57 Å². The van der Waals surface area contributed by atoms with Crippen LogP contribution in [0.5, 0.6) is 5.75 Å². The second kappa shape index (κ2) is 5.51. The molecule has 1 saturated heterocycles. The number of fused-ring (bicyclic) bond motifs is 1. The summed E-state index contributed by atoms with van der Waals surface area (Å²) in [7, 11) is 1.63. The Bertz CT molecular complexity index is 501. The van der Waals surface area contributed by atoms with Crippen molar-refractivity contribution in [1.82, 2.24) is 10.3 Å². The fraction of sp³-hybridized carbons (Fsp3) is 0.533. The molecule has 3 rings (SSSR count). The Kier molecular flexibility index (Phi) is 3.76. The van der Waals surface area contributed by atoms with Crippen molar-refractivity contribution in [2.45, 2.75) is 19.3 Å². The summed E-state index contributed by atoms with van der Waals surface area (Å²) in [6.45, 7) is 2.31. The summed E-state index contributed by atoms with van der Waals surface area (Å²) in [5.41, 5.74) is 2.53. The number of allylic oxidation sites excluding steroid dienone is 2. The summed E-state index contributed by atoms with van der Waals surface area (Å²) in [6, 6.07) is 2.00. The lowest BCUT2D eigenvalue weighted by molar-refractivity contribution is 0.252. The summed E-state index contributed by atoms with van der Waals surface area (Å²) in [6.07, 6.45) is 7.84. The average molecular weight is 279 g/mol. The number of aromatic nitrogens is 1. The van der Waals surface area contributed by atoms with E-state index in [0.29, 0.717) is 10.9 Å². The number of hydrogen-bond donors (Lipinski definition) is 1. The first kappa shape index (κ1) is 12.9. The van der Waals surface area contributed by atoms with Gasteiger partial charge in [-0.25, -0.2) is 4.98 Å². The molecule has 0 unspecified atom stereocenters. The van der Waals surface area contributed by atoms with Crippen LogP contribution in [0.3, 0.4) is 0 Å². The van der Waals surface area contributed by atoms with Crippen molar-refractivity contribution in [3.8, 4) is 5.75 Å². The van der Waals surface area contributed by atoms with Gasteiger partial charge in [0.05, 0.1) is 7.11 Å². The Balaban J connectivity index is 1.84. The highest BCUT2D eigenvalue weighted by Crippen LogP contribution is 2.38. The van der Waals surface area contributed by atoms with E-state index in [1.165, 1.54) is 25.0 Å². The van der Waals surface area contributed by atoms with Crippen molar-refractivity contribution in [3.05, 3.63) is 29.1 Å². The number of hydrogen-bond acceptors (Lipinski definition) is 3. The van der Waals surface area contributed by atoms with Crippen LogP contribution in [0, 0.1) is 11.8 Å². The number of piperidine rings is 1. The zero-order valence-electron chi connectivity index (χ0n) is 11.2. The van der Waals surface area contributed by atoms with E-state index >= 15 is 0 Å². The predicted octanol–water partition coefficient (Wildman–Crippen LogP) is 3.15. The molecule has 4 heteroatoms. The van der Waals surface area contributed by atoms with Crippen LogP contribution in [-0.4, -0.2) is 25.2 Å². The first-order valence-electron chi connectivity index (χ1n) is 6.87. The summed E-state index contributed by atoms with van der Waals surface area (Å²) in [4.78, 5) is 4.21. The molecule has 1 aromatic heterocycles. The normalized spacial score (nSPS) is 26.5.